The summed E-state index contributed by atoms with van der Waals surface area (Å²) in [7, 11) is -3.14. The van der Waals surface area contributed by atoms with Gasteiger partial charge < -0.3 is 5.11 Å². The third-order valence-corrected chi connectivity index (χ3v) is 5.88. The summed E-state index contributed by atoms with van der Waals surface area (Å²) >= 11 is 1.32. The maximum Gasteiger partial charge on any atom is 0.156 e. The van der Waals surface area contributed by atoms with Gasteiger partial charge in [0.15, 0.2) is 9.84 Å². The van der Waals surface area contributed by atoms with E-state index in [1.165, 1.54) is 17.6 Å². The molecule has 0 saturated carbocycles. The van der Waals surface area contributed by atoms with E-state index in [-0.39, 0.29) is 0 Å². The Labute approximate surface area is 123 Å². The SMILES string of the molecule is CC(c1nc(CC(O)c2ccccc2)cs1)S(C)(=O)=O. The van der Waals surface area contributed by atoms with Crippen LogP contribution in [0.4, 0.5) is 0 Å². The fourth-order valence-corrected chi connectivity index (χ4v) is 3.65. The lowest BCUT2D eigenvalue weighted by Gasteiger charge is -2.09. The van der Waals surface area contributed by atoms with Gasteiger partial charge in [-0.25, -0.2) is 13.4 Å². The van der Waals surface area contributed by atoms with E-state index < -0.39 is 21.2 Å². The van der Waals surface area contributed by atoms with Gasteiger partial charge >= 0.3 is 0 Å². The molecule has 0 fully saturated rings. The largest absolute Gasteiger partial charge is 0.388 e. The molecule has 2 unspecified atom stereocenters. The highest BCUT2D eigenvalue weighted by Gasteiger charge is 2.21. The minimum Gasteiger partial charge on any atom is -0.388 e. The van der Waals surface area contributed by atoms with Crippen LogP contribution in [0.2, 0.25) is 0 Å². The molecule has 0 spiro atoms. The zero-order chi connectivity index (χ0) is 14.8. The molecule has 2 atom stereocenters. The molecule has 2 aromatic rings. The third-order valence-electron chi connectivity index (χ3n) is 3.15. The van der Waals surface area contributed by atoms with Gasteiger partial charge in [0.05, 0.1) is 11.8 Å². The summed E-state index contributed by atoms with van der Waals surface area (Å²) in [5.41, 5.74) is 1.55. The van der Waals surface area contributed by atoms with Crippen LogP contribution in [0.25, 0.3) is 0 Å². The first-order chi connectivity index (χ1) is 9.38. The van der Waals surface area contributed by atoms with Gasteiger partial charge in [-0.2, -0.15) is 0 Å². The van der Waals surface area contributed by atoms with Crippen molar-refractivity contribution >= 4 is 21.2 Å². The molecule has 0 amide bonds. The molecule has 0 aliphatic rings. The zero-order valence-corrected chi connectivity index (χ0v) is 13.0. The predicted octanol–water partition coefficient (Wildman–Crippen LogP) is 2.52. The molecule has 0 bridgehead atoms. The summed E-state index contributed by atoms with van der Waals surface area (Å²) in [4.78, 5) is 4.32. The molecule has 0 aliphatic heterocycles. The molecule has 20 heavy (non-hydrogen) atoms. The number of aliphatic hydroxyl groups excluding tert-OH is 1. The Balaban J connectivity index is 2.11. The molecule has 1 N–H and O–H groups in total. The Morgan fingerprint density at radius 1 is 1.30 bits per heavy atom. The van der Waals surface area contributed by atoms with E-state index in [0.717, 1.165) is 11.3 Å². The number of sulfone groups is 1. The van der Waals surface area contributed by atoms with Crippen molar-refractivity contribution in [3.05, 3.63) is 52.0 Å². The van der Waals surface area contributed by atoms with Gasteiger partial charge in [-0.3, -0.25) is 0 Å². The van der Waals surface area contributed by atoms with Crippen LogP contribution in [-0.4, -0.2) is 24.8 Å². The number of hydrogen-bond acceptors (Lipinski definition) is 5. The summed E-state index contributed by atoms with van der Waals surface area (Å²) in [6.07, 6.45) is 0.967. The van der Waals surface area contributed by atoms with Crippen molar-refractivity contribution in [2.75, 3.05) is 6.26 Å². The lowest BCUT2D eigenvalue weighted by atomic mass is 10.1. The average Bonchev–Trinajstić information content (AvgIpc) is 2.86. The topological polar surface area (TPSA) is 67.3 Å². The number of aromatic nitrogens is 1. The van der Waals surface area contributed by atoms with Gasteiger partial charge in [0.1, 0.15) is 10.3 Å². The van der Waals surface area contributed by atoms with E-state index in [1.807, 2.05) is 35.7 Å². The molecular formula is C14H17NO3S2. The number of benzene rings is 1. The molecule has 0 saturated heterocycles. The monoisotopic (exact) mass is 311 g/mol. The Morgan fingerprint density at radius 2 is 1.95 bits per heavy atom. The Hall–Kier alpha value is -1.24. The first-order valence-corrected chi connectivity index (χ1v) is 9.07. The Morgan fingerprint density at radius 3 is 2.55 bits per heavy atom. The van der Waals surface area contributed by atoms with Gasteiger partial charge in [-0.1, -0.05) is 30.3 Å². The van der Waals surface area contributed by atoms with Gasteiger partial charge in [0.25, 0.3) is 0 Å². The molecule has 4 nitrogen and oxygen atoms in total. The van der Waals surface area contributed by atoms with Crippen LogP contribution >= 0.6 is 11.3 Å². The number of thiazole rings is 1. The maximum atomic E-state index is 11.5. The highest BCUT2D eigenvalue weighted by atomic mass is 32.2. The van der Waals surface area contributed by atoms with Crippen molar-refractivity contribution in [2.24, 2.45) is 0 Å². The van der Waals surface area contributed by atoms with Crippen LogP contribution in [-0.2, 0) is 16.3 Å². The summed E-state index contributed by atoms with van der Waals surface area (Å²) in [6, 6.07) is 9.35. The molecular weight excluding hydrogens is 294 g/mol. The summed E-state index contributed by atoms with van der Waals surface area (Å²) < 4.78 is 23.0. The van der Waals surface area contributed by atoms with Crippen LogP contribution < -0.4 is 0 Å². The minimum absolute atomic E-state index is 0.386. The fourth-order valence-electron chi connectivity index (χ4n) is 1.78. The maximum absolute atomic E-state index is 11.5. The summed E-state index contributed by atoms with van der Waals surface area (Å²) in [5.74, 6) is 0. The van der Waals surface area contributed by atoms with E-state index in [4.69, 9.17) is 0 Å². The standard InChI is InChI=1S/C14H17NO3S2/c1-10(20(2,17)18)14-15-12(9-19-14)8-13(16)11-6-4-3-5-7-11/h3-7,9-10,13,16H,8H2,1-2H3. The molecule has 0 aliphatic carbocycles. The normalized spacial score (nSPS) is 14.9. The quantitative estimate of drug-likeness (QED) is 0.921. The lowest BCUT2D eigenvalue weighted by molar-refractivity contribution is 0.177. The molecule has 1 aromatic carbocycles. The molecule has 2 rings (SSSR count). The van der Waals surface area contributed by atoms with E-state index >= 15 is 0 Å². The van der Waals surface area contributed by atoms with E-state index in [9.17, 15) is 13.5 Å². The first kappa shape index (κ1) is 15.2. The van der Waals surface area contributed by atoms with Crippen molar-refractivity contribution in [3.8, 4) is 0 Å². The highest BCUT2D eigenvalue weighted by molar-refractivity contribution is 7.91. The van der Waals surface area contributed by atoms with Gasteiger partial charge in [0.2, 0.25) is 0 Å². The van der Waals surface area contributed by atoms with Crippen molar-refractivity contribution < 1.29 is 13.5 Å². The van der Waals surface area contributed by atoms with E-state index in [0.29, 0.717) is 11.4 Å². The van der Waals surface area contributed by atoms with Gasteiger partial charge in [-0.15, -0.1) is 11.3 Å². The molecule has 108 valence electrons. The van der Waals surface area contributed by atoms with Crippen LogP contribution in [0.3, 0.4) is 0 Å². The number of hydrogen-bond donors (Lipinski definition) is 1. The average molecular weight is 311 g/mol. The van der Waals surface area contributed by atoms with Crippen molar-refractivity contribution in [3.63, 3.8) is 0 Å². The zero-order valence-electron chi connectivity index (χ0n) is 11.4. The Kier molecular flexibility index (Phi) is 4.57. The van der Waals surface area contributed by atoms with E-state index in [2.05, 4.69) is 4.98 Å². The second kappa shape index (κ2) is 6.03. The minimum atomic E-state index is -3.14. The fraction of sp³-hybridized carbons (Fsp3) is 0.357. The van der Waals surface area contributed by atoms with Crippen molar-refractivity contribution in [1.29, 1.82) is 0 Å². The summed E-state index contributed by atoms with van der Waals surface area (Å²) in [6.45, 7) is 1.63. The van der Waals surface area contributed by atoms with Crippen molar-refractivity contribution in [1.82, 2.24) is 4.98 Å². The number of aliphatic hydroxyl groups is 1. The van der Waals surface area contributed by atoms with Gasteiger partial charge in [-0.05, 0) is 12.5 Å². The van der Waals surface area contributed by atoms with Crippen LogP contribution in [0.1, 0.15) is 34.5 Å². The second-order valence-electron chi connectivity index (χ2n) is 4.78. The van der Waals surface area contributed by atoms with Crippen LogP contribution in [0.15, 0.2) is 35.7 Å². The summed E-state index contributed by atoms with van der Waals surface area (Å²) in [5, 5.41) is 11.9. The smallest absolute Gasteiger partial charge is 0.156 e. The number of rotatable bonds is 5. The molecule has 0 radical (unpaired) electrons. The lowest BCUT2D eigenvalue weighted by Crippen LogP contribution is -2.08. The predicted molar refractivity (Wildman–Crippen MR) is 80.5 cm³/mol. The molecule has 6 heteroatoms. The molecule has 1 heterocycles. The first-order valence-electron chi connectivity index (χ1n) is 6.24. The van der Waals surface area contributed by atoms with Crippen molar-refractivity contribution in [2.45, 2.75) is 24.7 Å². The van der Waals surface area contributed by atoms with Crippen LogP contribution in [0, 0.1) is 0 Å². The molecule has 1 aromatic heterocycles. The number of nitrogens with zero attached hydrogens (tertiary/aromatic N) is 1. The Bertz CT molecular complexity index is 665. The van der Waals surface area contributed by atoms with Crippen LogP contribution in [0.5, 0.6) is 0 Å². The second-order valence-corrected chi connectivity index (χ2v) is 8.04. The van der Waals surface area contributed by atoms with Gasteiger partial charge in [0, 0.05) is 18.1 Å². The van der Waals surface area contributed by atoms with E-state index in [1.54, 1.807) is 6.92 Å². The highest BCUT2D eigenvalue weighted by Crippen LogP contribution is 2.26. The third kappa shape index (κ3) is 3.65.